The van der Waals surface area contributed by atoms with E-state index >= 15 is 0 Å². The molecule has 0 radical (unpaired) electrons. The molecule has 3 nitrogen and oxygen atoms in total. The molecule has 0 aromatic heterocycles. The quantitative estimate of drug-likeness (QED) is 0.692. The van der Waals surface area contributed by atoms with Gasteiger partial charge in [-0.15, -0.1) is 0 Å². The molecule has 0 aliphatic carbocycles. The van der Waals surface area contributed by atoms with E-state index in [0.717, 1.165) is 17.1 Å². The number of hydrogen-bond donors (Lipinski definition) is 0. The molecular formula is C12H12O3. The molecule has 2 aliphatic heterocycles. The highest BCUT2D eigenvalue weighted by molar-refractivity contribution is 5.55. The fraction of sp³-hybridized carbons (Fsp3) is 0.333. The molecule has 0 spiro atoms. The largest absolute Gasteiger partial charge is 0.497 e. The molecule has 15 heavy (non-hydrogen) atoms. The van der Waals surface area contributed by atoms with Gasteiger partial charge in [0.05, 0.1) is 14.2 Å². The van der Waals surface area contributed by atoms with Crippen molar-refractivity contribution in [2.24, 2.45) is 0 Å². The van der Waals surface area contributed by atoms with E-state index in [-0.39, 0.29) is 12.2 Å². The van der Waals surface area contributed by atoms with Gasteiger partial charge in [0.1, 0.15) is 23.7 Å². The van der Waals surface area contributed by atoms with Crippen LogP contribution >= 0.6 is 0 Å². The Hall–Kier alpha value is -1.48. The molecular weight excluding hydrogens is 192 g/mol. The normalized spacial score (nSPS) is 25.5. The van der Waals surface area contributed by atoms with Crippen LogP contribution < -0.4 is 9.47 Å². The topological polar surface area (TPSA) is 27.7 Å². The molecule has 2 bridgehead atoms. The van der Waals surface area contributed by atoms with Crippen molar-refractivity contribution < 1.29 is 14.2 Å². The summed E-state index contributed by atoms with van der Waals surface area (Å²) in [5.41, 5.74) is 2.31. The van der Waals surface area contributed by atoms with Crippen LogP contribution in [0.3, 0.4) is 0 Å². The molecule has 1 aromatic rings. The van der Waals surface area contributed by atoms with Crippen molar-refractivity contribution in [3.8, 4) is 11.5 Å². The van der Waals surface area contributed by atoms with Crippen LogP contribution in [0.15, 0.2) is 24.3 Å². The smallest absolute Gasteiger partial charge is 0.129 e. The molecule has 1 aromatic carbocycles. The molecule has 0 N–H and O–H groups in total. The highest BCUT2D eigenvalue weighted by Gasteiger charge is 2.36. The van der Waals surface area contributed by atoms with Crippen LogP contribution in [0.2, 0.25) is 0 Å². The van der Waals surface area contributed by atoms with Gasteiger partial charge >= 0.3 is 0 Å². The zero-order chi connectivity index (χ0) is 10.4. The lowest BCUT2D eigenvalue weighted by atomic mass is 9.95. The van der Waals surface area contributed by atoms with Crippen LogP contribution in [0, 0.1) is 0 Å². The van der Waals surface area contributed by atoms with Gasteiger partial charge in [0, 0.05) is 11.6 Å². The first-order chi connectivity index (χ1) is 7.33. The molecule has 0 amide bonds. The maximum absolute atomic E-state index is 5.74. The van der Waals surface area contributed by atoms with E-state index in [9.17, 15) is 0 Å². The Morgan fingerprint density at radius 1 is 1.07 bits per heavy atom. The maximum Gasteiger partial charge on any atom is 0.129 e. The van der Waals surface area contributed by atoms with E-state index in [1.54, 1.807) is 14.2 Å². The van der Waals surface area contributed by atoms with Crippen LogP contribution in [0.4, 0.5) is 0 Å². The minimum Gasteiger partial charge on any atom is -0.497 e. The van der Waals surface area contributed by atoms with Gasteiger partial charge in [-0.05, 0) is 11.6 Å². The van der Waals surface area contributed by atoms with Gasteiger partial charge in [0.25, 0.3) is 0 Å². The van der Waals surface area contributed by atoms with Crippen LogP contribution in [0.25, 0.3) is 0 Å². The van der Waals surface area contributed by atoms with E-state index in [2.05, 4.69) is 12.2 Å². The summed E-state index contributed by atoms with van der Waals surface area (Å²) in [6.45, 7) is 0. The average molecular weight is 204 g/mol. The van der Waals surface area contributed by atoms with E-state index in [1.165, 1.54) is 5.56 Å². The van der Waals surface area contributed by atoms with Gasteiger partial charge in [-0.2, -0.15) is 0 Å². The third-order valence-electron chi connectivity index (χ3n) is 2.95. The second-order valence-corrected chi connectivity index (χ2v) is 3.69. The SMILES string of the molecule is COc1cc(OC)c2c(c1)C1C=CC2O1. The molecule has 0 fully saturated rings. The molecule has 3 heteroatoms. The third-order valence-corrected chi connectivity index (χ3v) is 2.95. The Balaban J connectivity index is 2.19. The molecule has 2 aliphatic rings. The monoisotopic (exact) mass is 204 g/mol. The number of rotatable bonds is 2. The minimum absolute atomic E-state index is 0.0610. The fourth-order valence-corrected chi connectivity index (χ4v) is 2.24. The van der Waals surface area contributed by atoms with Crippen LogP contribution in [0.1, 0.15) is 23.3 Å². The summed E-state index contributed by atoms with van der Waals surface area (Å²) in [7, 11) is 3.33. The van der Waals surface area contributed by atoms with E-state index in [4.69, 9.17) is 14.2 Å². The van der Waals surface area contributed by atoms with E-state index < -0.39 is 0 Å². The number of fused-ring (bicyclic) bond motifs is 5. The Bertz CT molecular complexity index is 437. The minimum atomic E-state index is 0.0610. The van der Waals surface area contributed by atoms with Crippen molar-refractivity contribution in [1.29, 1.82) is 0 Å². The number of hydrogen-bond acceptors (Lipinski definition) is 3. The predicted molar refractivity (Wildman–Crippen MR) is 55.3 cm³/mol. The summed E-state index contributed by atoms with van der Waals surface area (Å²) in [4.78, 5) is 0. The lowest BCUT2D eigenvalue weighted by Gasteiger charge is -2.13. The van der Waals surface area contributed by atoms with Gasteiger partial charge in [-0.25, -0.2) is 0 Å². The predicted octanol–water partition coefficient (Wildman–Crippen LogP) is 2.39. The number of ether oxygens (including phenoxy) is 3. The van der Waals surface area contributed by atoms with Crippen molar-refractivity contribution in [2.45, 2.75) is 12.2 Å². The molecule has 2 atom stereocenters. The van der Waals surface area contributed by atoms with Crippen molar-refractivity contribution in [2.75, 3.05) is 14.2 Å². The zero-order valence-corrected chi connectivity index (χ0v) is 8.69. The first kappa shape index (κ1) is 8.80. The van der Waals surface area contributed by atoms with E-state index in [0.29, 0.717) is 0 Å². The van der Waals surface area contributed by atoms with Crippen molar-refractivity contribution in [3.63, 3.8) is 0 Å². The van der Waals surface area contributed by atoms with Crippen LogP contribution in [0.5, 0.6) is 11.5 Å². The third kappa shape index (κ3) is 1.10. The zero-order valence-electron chi connectivity index (χ0n) is 8.69. The summed E-state index contributed by atoms with van der Waals surface area (Å²) in [6.07, 6.45) is 4.29. The summed E-state index contributed by atoms with van der Waals surface area (Å²) < 4.78 is 16.3. The summed E-state index contributed by atoms with van der Waals surface area (Å²) in [6, 6.07) is 3.92. The van der Waals surface area contributed by atoms with Crippen molar-refractivity contribution in [1.82, 2.24) is 0 Å². The molecule has 0 saturated carbocycles. The Labute approximate surface area is 88.3 Å². The fourth-order valence-electron chi connectivity index (χ4n) is 2.24. The first-order valence-electron chi connectivity index (χ1n) is 4.93. The maximum atomic E-state index is 5.74. The second kappa shape index (κ2) is 3.00. The average Bonchev–Trinajstić information content (AvgIpc) is 2.88. The van der Waals surface area contributed by atoms with Gasteiger partial charge in [0.2, 0.25) is 0 Å². The highest BCUT2D eigenvalue weighted by atomic mass is 16.5. The second-order valence-electron chi connectivity index (χ2n) is 3.69. The van der Waals surface area contributed by atoms with Gasteiger partial charge in [0.15, 0.2) is 0 Å². The van der Waals surface area contributed by atoms with Crippen LogP contribution in [-0.2, 0) is 4.74 Å². The molecule has 78 valence electrons. The lowest BCUT2D eigenvalue weighted by Crippen LogP contribution is -1.98. The van der Waals surface area contributed by atoms with Gasteiger partial charge < -0.3 is 14.2 Å². The Morgan fingerprint density at radius 2 is 1.87 bits per heavy atom. The lowest BCUT2D eigenvalue weighted by molar-refractivity contribution is 0.0870. The number of benzene rings is 1. The standard InChI is InChI=1S/C12H12O3/c1-13-7-5-8-9-3-4-10(15-9)12(8)11(6-7)14-2/h3-6,9-10H,1-2H3. The molecule has 2 unspecified atom stereocenters. The van der Waals surface area contributed by atoms with Gasteiger partial charge in [-0.3, -0.25) is 0 Å². The molecule has 2 heterocycles. The number of methoxy groups -OCH3 is 2. The Kier molecular flexibility index (Phi) is 1.76. The van der Waals surface area contributed by atoms with Crippen molar-refractivity contribution >= 4 is 0 Å². The molecule has 0 saturated heterocycles. The van der Waals surface area contributed by atoms with Crippen LogP contribution in [-0.4, -0.2) is 14.2 Å². The first-order valence-corrected chi connectivity index (χ1v) is 4.93. The van der Waals surface area contributed by atoms with Gasteiger partial charge in [-0.1, -0.05) is 12.2 Å². The Morgan fingerprint density at radius 3 is 2.60 bits per heavy atom. The highest BCUT2D eigenvalue weighted by Crippen LogP contribution is 2.50. The van der Waals surface area contributed by atoms with E-state index in [1.807, 2.05) is 12.1 Å². The van der Waals surface area contributed by atoms with Crippen molar-refractivity contribution in [3.05, 3.63) is 35.4 Å². The summed E-state index contributed by atoms with van der Waals surface area (Å²) >= 11 is 0. The summed E-state index contributed by atoms with van der Waals surface area (Å²) in [5, 5.41) is 0. The molecule has 3 rings (SSSR count). The summed E-state index contributed by atoms with van der Waals surface area (Å²) in [5.74, 6) is 1.66.